The maximum absolute atomic E-state index is 13.9. The molecule has 3 rings (SSSR count). The lowest BCUT2D eigenvalue weighted by atomic mass is 9.86. The number of nitriles is 1. The third kappa shape index (κ3) is 6.52. The number of esters is 1. The number of aromatic nitrogens is 2. The Morgan fingerprint density at radius 1 is 1.00 bits per heavy atom. The highest BCUT2D eigenvalue weighted by molar-refractivity contribution is 6.00. The first-order valence-electron chi connectivity index (χ1n) is 13.0. The molecular weight excluding hydrogens is 508 g/mol. The molecule has 0 spiro atoms. The van der Waals surface area contributed by atoms with Gasteiger partial charge in [-0.15, -0.1) is 0 Å². The van der Waals surface area contributed by atoms with Gasteiger partial charge in [-0.3, -0.25) is 14.3 Å². The van der Waals surface area contributed by atoms with Gasteiger partial charge in [-0.1, -0.05) is 45.0 Å². The molecule has 2 aromatic carbocycles. The smallest absolute Gasteiger partial charge is 0.337 e. The number of carbonyl (C=O) groups excluding carboxylic acids is 2. The highest BCUT2D eigenvalue weighted by Gasteiger charge is 2.32. The van der Waals surface area contributed by atoms with Gasteiger partial charge in [0.05, 0.1) is 29.6 Å². The van der Waals surface area contributed by atoms with Gasteiger partial charge in [0.1, 0.15) is 11.2 Å². The molecule has 1 aromatic heterocycles. The van der Waals surface area contributed by atoms with E-state index < -0.39 is 29.1 Å². The summed E-state index contributed by atoms with van der Waals surface area (Å²) < 4.78 is 13.8. The molecule has 0 aliphatic rings. The van der Waals surface area contributed by atoms with Crippen molar-refractivity contribution in [2.75, 3.05) is 20.7 Å². The van der Waals surface area contributed by atoms with Gasteiger partial charge in [-0.2, -0.15) is 5.26 Å². The summed E-state index contributed by atoms with van der Waals surface area (Å²) in [6, 6.07) is 16.4. The van der Waals surface area contributed by atoms with Crippen LogP contribution in [0, 0.1) is 11.3 Å². The van der Waals surface area contributed by atoms with Gasteiger partial charge in [-0.05, 0) is 56.0 Å². The molecule has 40 heavy (non-hydrogen) atoms. The van der Waals surface area contributed by atoms with Crippen LogP contribution in [0.2, 0.25) is 0 Å². The Morgan fingerprint density at radius 3 is 2.05 bits per heavy atom. The van der Waals surface area contributed by atoms with E-state index in [1.807, 2.05) is 24.3 Å². The minimum atomic E-state index is -1.04. The van der Waals surface area contributed by atoms with Gasteiger partial charge in [0.2, 0.25) is 0 Å². The molecule has 9 heteroatoms. The fourth-order valence-corrected chi connectivity index (χ4v) is 4.36. The third-order valence-corrected chi connectivity index (χ3v) is 6.49. The van der Waals surface area contributed by atoms with Crippen molar-refractivity contribution in [2.24, 2.45) is 7.05 Å². The number of ether oxygens (including phenoxy) is 2. The van der Waals surface area contributed by atoms with Crippen molar-refractivity contribution in [3.05, 3.63) is 75.6 Å². The zero-order chi connectivity index (χ0) is 30.0. The van der Waals surface area contributed by atoms with Crippen LogP contribution >= 0.6 is 0 Å². The summed E-state index contributed by atoms with van der Waals surface area (Å²) in [6.07, 6.45) is -1.04. The minimum Gasteiger partial charge on any atom is -0.458 e. The van der Waals surface area contributed by atoms with Crippen molar-refractivity contribution < 1.29 is 19.1 Å². The normalized spacial score (nSPS) is 12.5. The first-order chi connectivity index (χ1) is 18.6. The Morgan fingerprint density at radius 2 is 1.57 bits per heavy atom. The molecule has 0 radical (unpaired) electrons. The first-order valence-corrected chi connectivity index (χ1v) is 13.0. The molecule has 0 N–H and O–H groups in total. The van der Waals surface area contributed by atoms with E-state index in [2.05, 4.69) is 26.8 Å². The molecule has 9 nitrogen and oxygen atoms in total. The van der Waals surface area contributed by atoms with Crippen molar-refractivity contribution in [2.45, 2.75) is 58.7 Å². The van der Waals surface area contributed by atoms with Crippen LogP contribution in [-0.2, 0) is 26.7 Å². The number of carbonyl (C=O) groups is 2. The van der Waals surface area contributed by atoms with Gasteiger partial charge in [-0.25, -0.2) is 9.48 Å². The van der Waals surface area contributed by atoms with Gasteiger partial charge in [0.15, 0.2) is 6.10 Å². The molecule has 0 aliphatic heterocycles. The van der Waals surface area contributed by atoms with Crippen LogP contribution in [0.4, 0.5) is 0 Å². The van der Waals surface area contributed by atoms with E-state index in [0.717, 1.165) is 5.56 Å². The van der Waals surface area contributed by atoms with Crippen molar-refractivity contribution >= 4 is 11.9 Å². The van der Waals surface area contributed by atoms with Crippen LogP contribution < -0.4 is 5.56 Å². The molecule has 0 saturated heterocycles. The average Bonchev–Trinajstić information content (AvgIpc) is 3.14. The van der Waals surface area contributed by atoms with Crippen LogP contribution in [0.3, 0.4) is 0 Å². The summed E-state index contributed by atoms with van der Waals surface area (Å²) in [5.41, 5.74) is 1.81. The fraction of sp³-hybridized carbons (Fsp3) is 0.419. The number of rotatable bonds is 7. The second kappa shape index (κ2) is 11.5. The average molecular weight is 547 g/mol. The third-order valence-electron chi connectivity index (χ3n) is 6.49. The lowest BCUT2D eigenvalue weighted by Crippen LogP contribution is -2.43. The zero-order valence-corrected chi connectivity index (χ0v) is 24.7. The Labute approximate surface area is 235 Å². The second-order valence-electron chi connectivity index (χ2n) is 11.8. The van der Waals surface area contributed by atoms with Gasteiger partial charge >= 0.3 is 5.97 Å². The highest BCUT2D eigenvalue weighted by Crippen LogP contribution is 2.29. The van der Waals surface area contributed by atoms with E-state index in [1.54, 1.807) is 56.8 Å². The predicted octanol–water partition coefficient (Wildman–Crippen LogP) is 4.44. The van der Waals surface area contributed by atoms with Crippen LogP contribution in [0.5, 0.6) is 0 Å². The Hall–Kier alpha value is -4.16. The molecule has 1 atom stereocenters. The number of amides is 1. The van der Waals surface area contributed by atoms with Crippen LogP contribution in [-0.4, -0.2) is 58.5 Å². The lowest BCUT2D eigenvalue weighted by molar-refractivity contribution is -0.167. The molecule has 1 heterocycles. The number of likely N-dealkylation sites (N-methyl/N-ethyl adjacent to an activating group) is 1. The molecule has 0 saturated carbocycles. The molecule has 3 aromatic rings. The maximum atomic E-state index is 13.9. The predicted molar refractivity (Wildman–Crippen MR) is 153 cm³/mol. The monoisotopic (exact) mass is 546 g/mol. The van der Waals surface area contributed by atoms with Crippen molar-refractivity contribution in [1.82, 2.24) is 14.3 Å². The van der Waals surface area contributed by atoms with Crippen LogP contribution in [0.25, 0.3) is 16.9 Å². The van der Waals surface area contributed by atoms with Gasteiger partial charge < -0.3 is 14.4 Å². The second-order valence-corrected chi connectivity index (χ2v) is 11.8. The molecule has 0 bridgehead atoms. The number of hydrogen-bond donors (Lipinski definition) is 0. The van der Waals surface area contributed by atoms with Crippen molar-refractivity contribution in [3.8, 4) is 23.0 Å². The summed E-state index contributed by atoms with van der Waals surface area (Å²) in [7, 11) is 4.60. The maximum Gasteiger partial charge on any atom is 0.337 e. The largest absolute Gasteiger partial charge is 0.458 e. The van der Waals surface area contributed by atoms with Crippen molar-refractivity contribution in [3.63, 3.8) is 0 Å². The Kier molecular flexibility index (Phi) is 8.75. The Balaban J connectivity index is 2.13. The SMILES string of the molecule is COC(CN(C)C(=O)c1c(-c2ccc(C(C)(C)C)cc2)n(C)n(-c2ccc(C#N)cc2)c1=O)C(=O)OC(C)(C)C. The molecule has 1 unspecified atom stereocenters. The topological polar surface area (TPSA) is 107 Å². The summed E-state index contributed by atoms with van der Waals surface area (Å²) in [5.74, 6) is -1.16. The zero-order valence-electron chi connectivity index (χ0n) is 24.7. The van der Waals surface area contributed by atoms with E-state index in [1.165, 1.54) is 23.7 Å². The van der Waals surface area contributed by atoms with Crippen molar-refractivity contribution in [1.29, 1.82) is 5.26 Å². The summed E-state index contributed by atoms with van der Waals surface area (Å²) >= 11 is 0. The summed E-state index contributed by atoms with van der Waals surface area (Å²) in [5, 5.41) is 9.20. The van der Waals surface area contributed by atoms with Gasteiger partial charge in [0.25, 0.3) is 11.5 Å². The van der Waals surface area contributed by atoms with E-state index >= 15 is 0 Å². The Bertz CT molecular complexity index is 1480. The molecule has 0 fully saturated rings. The van der Waals surface area contributed by atoms with Crippen LogP contribution in [0.1, 0.15) is 63.0 Å². The highest BCUT2D eigenvalue weighted by atomic mass is 16.6. The summed E-state index contributed by atoms with van der Waals surface area (Å²) in [4.78, 5) is 41.8. The molecule has 212 valence electrons. The minimum absolute atomic E-state index is 0.0445. The fourth-order valence-electron chi connectivity index (χ4n) is 4.36. The number of hydrogen-bond acceptors (Lipinski definition) is 6. The molecule has 1 amide bonds. The van der Waals surface area contributed by atoms with E-state index in [-0.39, 0.29) is 17.5 Å². The van der Waals surface area contributed by atoms with Gasteiger partial charge in [0, 0.05) is 26.8 Å². The molecule has 0 aliphatic carbocycles. The van der Waals surface area contributed by atoms with Crippen LogP contribution in [0.15, 0.2) is 53.3 Å². The van der Waals surface area contributed by atoms with E-state index in [0.29, 0.717) is 22.5 Å². The first kappa shape index (κ1) is 30.4. The quantitative estimate of drug-likeness (QED) is 0.406. The number of nitrogens with zero attached hydrogens (tertiary/aromatic N) is 4. The summed E-state index contributed by atoms with van der Waals surface area (Å²) in [6.45, 7) is 11.5. The number of methoxy groups -OCH3 is 1. The number of benzene rings is 2. The standard InChI is InChI=1S/C31H38N4O5/c1-30(2,3)22-14-12-21(13-15-22)26-25(27(36)33(7)19-24(39-9)29(38)40-31(4,5)6)28(37)35(34(26)8)23-16-10-20(18-32)11-17-23/h10-17,24H,19H2,1-9H3. The molecular formula is C31H38N4O5. The lowest BCUT2D eigenvalue weighted by Gasteiger charge is -2.26. The van der Waals surface area contributed by atoms with E-state index in [4.69, 9.17) is 9.47 Å². The van der Waals surface area contributed by atoms with E-state index in [9.17, 15) is 19.6 Å².